The first kappa shape index (κ1) is 31.2. The Morgan fingerprint density at radius 2 is 1.40 bits per heavy atom. The Hall–Kier alpha value is -6.70. The molecule has 0 fully saturated rings. The van der Waals surface area contributed by atoms with Gasteiger partial charge < -0.3 is 14.8 Å². The lowest BCUT2D eigenvalue weighted by molar-refractivity contribution is -0.385. The molecule has 2 N–H and O–H groups in total. The monoisotopic (exact) mass is 609 g/mol. The molecule has 14 nitrogen and oxygen atoms in total. The number of hydrazone groups is 1. The number of amides is 2. The van der Waals surface area contributed by atoms with E-state index in [2.05, 4.69) is 15.8 Å². The Bertz CT molecular complexity index is 1820. The summed E-state index contributed by atoms with van der Waals surface area (Å²) in [5.41, 5.74) is 3.98. The quantitative estimate of drug-likeness (QED) is 0.0578. The van der Waals surface area contributed by atoms with Gasteiger partial charge in [-0.2, -0.15) is 5.10 Å². The molecule has 0 saturated carbocycles. The number of nitrogens with one attached hydrogen (secondary N) is 2. The van der Waals surface area contributed by atoms with Crippen molar-refractivity contribution in [3.05, 3.63) is 140 Å². The summed E-state index contributed by atoms with van der Waals surface area (Å²) < 4.78 is 10.6. The van der Waals surface area contributed by atoms with E-state index in [4.69, 9.17) is 9.47 Å². The van der Waals surface area contributed by atoms with Crippen molar-refractivity contribution in [3.8, 4) is 11.5 Å². The average Bonchev–Trinajstić information content (AvgIpc) is 3.04. The number of carbonyl (C=O) groups is 3. The molecule has 0 saturated heterocycles. The molecule has 4 rings (SSSR count). The second-order valence-electron chi connectivity index (χ2n) is 9.05. The van der Waals surface area contributed by atoms with Crippen LogP contribution in [0.2, 0.25) is 0 Å². The molecule has 0 aromatic heterocycles. The molecule has 14 heteroatoms. The number of nitro benzene ring substituents is 2. The number of anilines is 1. The standard InChI is InChI=1S/C31H23N5O9/c1-44-28-17-21(7-15-27(28)45-29(37)16-8-20-5-11-25(12-6-20)35(40)41)19-32-34-31(39)23-3-2-4-24(18-23)33-30(38)22-9-13-26(14-10-22)36(42)43/h2-19H,1H3,(H,33,38)(H,34,39)/b16-8+,32-19?. The molecule has 0 unspecified atom stereocenters. The second-order valence-corrected chi connectivity index (χ2v) is 9.05. The number of hydrogen-bond acceptors (Lipinski definition) is 10. The van der Waals surface area contributed by atoms with Crippen LogP contribution in [0, 0.1) is 20.2 Å². The van der Waals surface area contributed by atoms with Gasteiger partial charge >= 0.3 is 5.97 Å². The molecule has 0 aliphatic rings. The van der Waals surface area contributed by atoms with Crippen LogP contribution in [0.5, 0.6) is 11.5 Å². The highest BCUT2D eigenvalue weighted by atomic mass is 16.6. The molecule has 4 aromatic carbocycles. The van der Waals surface area contributed by atoms with Crippen molar-refractivity contribution in [2.75, 3.05) is 12.4 Å². The number of nitrogens with zero attached hydrogens (tertiary/aromatic N) is 3. The summed E-state index contributed by atoms with van der Waals surface area (Å²) >= 11 is 0. The van der Waals surface area contributed by atoms with Gasteiger partial charge in [-0.05, 0) is 77.9 Å². The van der Waals surface area contributed by atoms with Crippen molar-refractivity contribution in [2.45, 2.75) is 0 Å². The summed E-state index contributed by atoms with van der Waals surface area (Å²) in [4.78, 5) is 57.9. The van der Waals surface area contributed by atoms with Gasteiger partial charge in [0.25, 0.3) is 23.2 Å². The zero-order valence-electron chi connectivity index (χ0n) is 23.4. The van der Waals surface area contributed by atoms with Crippen molar-refractivity contribution in [3.63, 3.8) is 0 Å². The van der Waals surface area contributed by atoms with Crippen LogP contribution in [0.3, 0.4) is 0 Å². The molecule has 4 aromatic rings. The summed E-state index contributed by atoms with van der Waals surface area (Å²) in [6.07, 6.45) is 3.97. The first-order valence-electron chi connectivity index (χ1n) is 12.9. The van der Waals surface area contributed by atoms with Crippen LogP contribution in [0.1, 0.15) is 31.8 Å². The number of methoxy groups -OCH3 is 1. The second kappa shape index (κ2) is 14.5. The minimum absolute atomic E-state index is 0.0689. The van der Waals surface area contributed by atoms with Gasteiger partial charge in [0.1, 0.15) is 0 Å². The number of ether oxygens (including phenoxy) is 2. The van der Waals surface area contributed by atoms with Crippen molar-refractivity contribution < 1.29 is 33.7 Å². The predicted molar refractivity (Wildman–Crippen MR) is 163 cm³/mol. The molecular weight excluding hydrogens is 586 g/mol. The lowest BCUT2D eigenvalue weighted by Crippen LogP contribution is -2.18. The minimum atomic E-state index is -0.702. The van der Waals surface area contributed by atoms with Crippen molar-refractivity contribution in [1.82, 2.24) is 5.43 Å². The van der Waals surface area contributed by atoms with E-state index in [0.717, 1.165) is 0 Å². The molecular formula is C31H23N5O9. The lowest BCUT2D eigenvalue weighted by Gasteiger charge is -2.09. The summed E-state index contributed by atoms with van der Waals surface area (Å²) in [5.74, 6) is -1.42. The SMILES string of the molecule is COc1cc(C=NNC(=O)c2cccc(NC(=O)c3ccc([N+](=O)[O-])cc3)c2)ccc1OC(=O)/C=C/c1ccc([N+](=O)[O-])cc1. The fraction of sp³-hybridized carbons (Fsp3) is 0.0323. The number of esters is 1. The first-order valence-corrected chi connectivity index (χ1v) is 12.9. The first-order chi connectivity index (χ1) is 21.6. The maximum Gasteiger partial charge on any atom is 0.336 e. The van der Waals surface area contributed by atoms with Gasteiger partial charge in [0.05, 0.1) is 23.2 Å². The number of hydrogen-bond donors (Lipinski definition) is 2. The van der Waals surface area contributed by atoms with E-state index >= 15 is 0 Å². The largest absolute Gasteiger partial charge is 0.493 e. The number of carbonyl (C=O) groups excluding carboxylic acids is 3. The smallest absolute Gasteiger partial charge is 0.336 e. The highest BCUT2D eigenvalue weighted by Gasteiger charge is 2.12. The van der Waals surface area contributed by atoms with Crippen molar-refractivity contribution >= 4 is 47.1 Å². The third-order valence-corrected chi connectivity index (χ3v) is 6.02. The summed E-state index contributed by atoms with van der Waals surface area (Å²) in [6, 6.07) is 21.4. The topological polar surface area (TPSA) is 192 Å². The van der Waals surface area contributed by atoms with Gasteiger partial charge in [0, 0.05) is 47.2 Å². The molecule has 0 bridgehead atoms. The van der Waals surface area contributed by atoms with Crippen LogP contribution < -0.4 is 20.2 Å². The Labute approximate surface area is 254 Å². The zero-order chi connectivity index (χ0) is 32.3. The average molecular weight is 610 g/mol. The van der Waals surface area contributed by atoms with Gasteiger partial charge in [0.2, 0.25) is 0 Å². The van der Waals surface area contributed by atoms with Gasteiger partial charge in [-0.15, -0.1) is 0 Å². The molecule has 0 radical (unpaired) electrons. The van der Waals surface area contributed by atoms with E-state index < -0.39 is 27.6 Å². The Morgan fingerprint density at radius 1 is 0.756 bits per heavy atom. The summed E-state index contributed by atoms with van der Waals surface area (Å²) in [7, 11) is 1.38. The number of nitro groups is 2. The highest BCUT2D eigenvalue weighted by Crippen LogP contribution is 2.28. The van der Waals surface area contributed by atoms with Crippen LogP contribution in [-0.4, -0.2) is 41.0 Å². The molecule has 0 spiro atoms. The van der Waals surface area contributed by atoms with Crippen LogP contribution in [0.4, 0.5) is 17.1 Å². The number of benzene rings is 4. The zero-order valence-corrected chi connectivity index (χ0v) is 23.4. The van der Waals surface area contributed by atoms with E-state index in [-0.39, 0.29) is 34.0 Å². The molecule has 0 aliphatic carbocycles. The molecule has 0 heterocycles. The summed E-state index contributed by atoms with van der Waals surface area (Å²) in [6.45, 7) is 0. The van der Waals surface area contributed by atoms with E-state index in [1.165, 1.54) is 98.3 Å². The molecule has 226 valence electrons. The Kier molecular flexibility index (Phi) is 10.0. The van der Waals surface area contributed by atoms with E-state index in [1.807, 2.05) is 0 Å². The van der Waals surface area contributed by atoms with Crippen LogP contribution in [0.25, 0.3) is 6.08 Å². The maximum absolute atomic E-state index is 12.6. The minimum Gasteiger partial charge on any atom is -0.493 e. The van der Waals surface area contributed by atoms with Gasteiger partial charge in [-0.1, -0.05) is 6.07 Å². The highest BCUT2D eigenvalue weighted by molar-refractivity contribution is 6.05. The number of rotatable bonds is 11. The fourth-order valence-electron chi connectivity index (χ4n) is 3.77. The summed E-state index contributed by atoms with van der Waals surface area (Å²) in [5, 5.41) is 28.1. The van der Waals surface area contributed by atoms with Gasteiger partial charge in [-0.3, -0.25) is 29.8 Å². The lowest BCUT2D eigenvalue weighted by atomic mass is 10.1. The predicted octanol–water partition coefficient (Wildman–Crippen LogP) is 5.15. The Morgan fingerprint density at radius 3 is 2.04 bits per heavy atom. The van der Waals surface area contributed by atoms with Crippen molar-refractivity contribution in [1.29, 1.82) is 0 Å². The number of non-ortho nitro benzene ring substituents is 2. The Balaban J connectivity index is 1.33. The normalized spacial score (nSPS) is 10.8. The van der Waals surface area contributed by atoms with E-state index in [1.54, 1.807) is 18.2 Å². The molecule has 0 aliphatic heterocycles. The van der Waals surface area contributed by atoms with Crippen molar-refractivity contribution in [2.24, 2.45) is 5.10 Å². The molecule has 0 atom stereocenters. The third-order valence-electron chi connectivity index (χ3n) is 6.02. The van der Waals surface area contributed by atoms with Gasteiger partial charge in [0.15, 0.2) is 11.5 Å². The van der Waals surface area contributed by atoms with Crippen LogP contribution in [-0.2, 0) is 4.79 Å². The van der Waals surface area contributed by atoms with Gasteiger partial charge in [-0.25, -0.2) is 10.2 Å². The third kappa shape index (κ3) is 8.65. The fourth-order valence-corrected chi connectivity index (χ4v) is 3.77. The van der Waals surface area contributed by atoms with E-state index in [0.29, 0.717) is 16.8 Å². The molecule has 45 heavy (non-hydrogen) atoms. The van der Waals surface area contributed by atoms with E-state index in [9.17, 15) is 34.6 Å². The van der Waals surface area contributed by atoms with Crippen LogP contribution >= 0.6 is 0 Å². The maximum atomic E-state index is 12.6. The van der Waals surface area contributed by atoms with Crippen LogP contribution in [0.15, 0.2) is 102 Å². The molecule has 2 amide bonds.